The molecular weight excluding hydrogens is 208 g/mol. The van der Waals surface area contributed by atoms with E-state index in [0.29, 0.717) is 13.0 Å². The third-order valence-electron chi connectivity index (χ3n) is 2.55. The van der Waals surface area contributed by atoms with Crippen LogP contribution in [0.2, 0.25) is 0 Å². The van der Waals surface area contributed by atoms with E-state index in [2.05, 4.69) is 0 Å². The molecule has 0 saturated heterocycles. The topological polar surface area (TPSA) is 63.6 Å². The van der Waals surface area contributed by atoms with Crippen LogP contribution in [0.15, 0.2) is 11.6 Å². The lowest BCUT2D eigenvalue weighted by molar-refractivity contribution is -0.152. The smallest absolute Gasteiger partial charge is 0.339 e. The molecule has 0 aromatic carbocycles. The van der Waals surface area contributed by atoms with Gasteiger partial charge in [0.1, 0.15) is 0 Å². The number of hydrogen-bond donors (Lipinski definition) is 1. The van der Waals surface area contributed by atoms with Crippen molar-refractivity contribution in [3.05, 3.63) is 11.6 Å². The number of allylic oxidation sites excluding steroid dienone is 1. The molecule has 0 heterocycles. The van der Waals surface area contributed by atoms with Crippen LogP contribution in [0.5, 0.6) is 0 Å². The SMILES string of the molecule is CCCCOC(=O)C(O)C1=CC(C)CC1=O. The zero-order chi connectivity index (χ0) is 12.1. The van der Waals surface area contributed by atoms with Crippen LogP contribution < -0.4 is 0 Å². The largest absolute Gasteiger partial charge is 0.464 e. The maximum Gasteiger partial charge on any atom is 0.339 e. The van der Waals surface area contributed by atoms with Gasteiger partial charge in [-0.15, -0.1) is 0 Å². The van der Waals surface area contributed by atoms with Crippen molar-refractivity contribution in [2.45, 2.75) is 39.2 Å². The highest BCUT2D eigenvalue weighted by atomic mass is 16.5. The van der Waals surface area contributed by atoms with Gasteiger partial charge in [0, 0.05) is 12.0 Å². The molecule has 16 heavy (non-hydrogen) atoms. The van der Waals surface area contributed by atoms with E-state index >= 15 is 0 Å². The van der Waals surface area contributed by atoms with E-state index in [-0.39, 0.29) is 17.3 Å². The number of hydrogen-bond acceptors (Lipinski definition) is 4. The summed E-state index contributed by atoms with van der Waals surface area (Å²) in [4.78, 5) is 22.8. The summed E-state index contributed by atoms with van der Waals surface area (Å²) in [5.74, 6) is -0.782. The lowest BCUT2D eigenvalue weighted by atomic mass is 10.1. The van der Waals surface area contributed by atoms with E-state index in [0.717, 1.165) is 12.8 Å². The van der Waals surface area contributed by atoms with Crippen LogP contribution in [0, 0.1) is 5.92 Å². The number of unbranched alkanes of at least 4 members (excludes halogenated alkanes) is 1. The van der Waals surface area contributed by atoms with Gasteiger partial charge >= 0.3 is 5.97 Å². The molecule has 2 atom stereocenters. The molecule has 0 amide bonds. The van der Waals surface area contributed by atoms with Crippen LogP contribution in [-0.2, 0) is 14.3 Å². The quantitative estimate of drug-likeness (QED) is 0.565. The molecule has 1 aliphatic carbocycles. The summed E-state index contributed by atoms with van der Waals surface area (Å²) in [6.07, 6.45) is 2.29. The Hall–Kier alpha value is -1.16. The zero-order valence-electron chi connectivity index (χ0n) is 9.73. The Balaban J connectivity index is 2.50. The Labute approximate surface area is 95.3 Å². The molecule has 0 spiro atoms. The Morgan fingerprint density at radius 1 is 1.69 bits per heavy atom. The molecule has 0 bridgehead atoms. The Morgan fingerprint density at radius 3 is 2.88 bits per heavy atom. The zero-order valence-corrected chi connectivity index (χ0v) is 9.73. The third kappa shape index (κ3) is 3.17. The van der Waals surface area contributed by atoms with Crippen molar-refractivity contribution < 1.29 is 19.4 Å². The van der Waals surface area contributed by atoms with Crippen LogP contribution in [0.3, 0.4) is 0 Å². The lowest BCUT2D eigenvalue weighted by Crippen LogP contribution is -2.27. The molecule has 1 N–H and O–H groups in total. The van der Waals surface area contributed by atoms with Crippen LogP contribution in [0.1, 0.15) is 33.1 Å². The predicted molar refractivity (Wildman–Crippen MR) is 58.7 cm³/mol. The summed E-state index contributed by atoms with van der Waals surface area (Å²) < 4.78 is 4.86. The van der Waals surface area contributed by atoms with Gasteiger partial charge in [-0.2, -0.15) is 0 Å². The molecule has 0 radical (unpaired) electrons. The van der Waals surface area contributed by atoms with E-state index in [1.807, 2.05) is 13.8 Å². The van der Waals surface area contributed by atoms with Crippen LogP contribution in [0.25, 0.3) is 0 Å². The first-order chi connectivity index (χ1) is 7.56. The van der Waals surface area contributed by atoms with Gasteiger partial charge in [0.05, 0.1) is 6.61 Å². The van der Waals surface area contributed by atoms with Gasteiger partial charge in [0.25, 0.3) is 0 Å². The van der Waals surface area contributed by atoms with Gasteiger partial charge < -0.3 is 9.84 Å². The lowest BCUT2D eigenvalue weighted by Gasteiger charge is -2.10. The molecule has 0 aromatic rings. The van der Waals surface area contributed by atoms with Gasteiger partial charge in [0.2, 0.25) is 0 Å². The minimum absolute atomic E-state index is 0.0978. The van der Waals surface area contributed by atoms with Crippen LogP contribution in [0.4, 0.5) is 0 Å². The fraction of sp³-hybridized carbons (Fsp3) is 0.667. The fourth-order valence-corrected chi connectivity index (χ4v) is 1.64. The number of aliphatic hydroxyl groups is 1. The second kappa shape index (κ2) is 5.80. The average molecular weight is 226 g/mol. The average Bonchev–Trinajstić information content (AvgIpc) is 2.57. The molecule has 0 aromatic heterocycles. The van der Waals surface area contributed by atoms with Crippen molar-refractivity contribution in [3.8, 4) is 0 Å². The summed E-state index contributed by atoms with van der Waals surface area (Å²) in [6.45, 7) is 4.15. The Bertz CT molecular complexity index is 306. The number of carbonyl (C=O) groups excluding carboxylic acids is 2. The first-order valence-electron chi connectivity index (χ1n) is 5.65. The monoisotopic (exact) mass is 226 g/mol. The second-order valence-electron chi connectivity index (χ2n) is 4.15. The van der Waals surface area contributed by atoms with E-state index in [1.165, 1.54) is 0 Å². The molecule has 0 fully saturated rings. The number of Topliss-reactive ketones (excluding diaryl/α,β-unsaturated/α-hetero) is 1. The number of aliphatic hydroxyl groups excluding tert-OH is 1. The van der Waals surface area contributed by atoms with E-state index < -0.39 is 12.1 Å². The van der Waals surface area contributed by atoms with E-state index in [4.69, 9.17) is 4.74 Å². The number of carbonyl (C=O) groups is 2. The fourth-order valence-electron chi connectivity index (χ4n) is 1.64. The minimum atomic E-state index is -1.41. The normalized spacial score (nSPS) is 21.8. The van der Waals surface area contributed by atoms with Crippen molar-refractivity contribution in [3.63, 3.8) is 0 Å². The molecule has 4 heteroatoms. The van der Waals surface area contributed by atoms with Crippen molar-refractivity contribution in [1.82, 2.24) is 0 Å². The van der Waals surface area contributed by atoms with Crippen molar-refractivity contribution in [1.29, 1.82) is 0 Å². The van der Waals surface area contributed by atoms with Gasteiger partial charge in [-0.1, -0.05) is 26.3 Å². The highest BCUT2D eigenvalue weighted by Gasteiger charge is 2.31. The Morgan fingerprint density at radius 2 is 2.38 bits per heavy atom. The van der Waals surface area contributed by atoms with Crippen LogP contribution >= 0.6 is 0 Å². The molecule has 4 nitrogen and oxygen atoms in total. The van der Waals surface area contributed by atoms with Crippen molar-refractivity contribution >= 4 is 11.8 Å². The number of ketones is 1. The maximum absolute atomic E-state index is 11.4. The first-order valence-corrected chi connectivity index (χ1v) is 5.65. The Kier molecular flexibility index (Phi) is 4.68. The summed E-state index contributed by atoms with van der Waals surface area (Å²) in [6, 6.07) is 0. The van der Waals surface area contributed by atoms with Gasteiger partial charge in [-0.25, -0.2) is 4.79 Å². The highest BCUT2D eigenvalue weighted by molar-refractivity contribution is 6.03. The van der Waals surface area contributed by atoms with Gasteiger partial charge in [-0.05, 0) is 12.3 Å². The van der Waals surface area contributed by atoms with Gasteiger partial charge in [-0.3, -0.25) is 4.79 Å². The van der Waals surface area contributed by atoms with Crippen LogP contribution in [-0.4, -0.2) is 29.6 Å². The van der Waals surface area contributed by atoms with Crippen molar-refractivity contribution in [2.24, 2.45) is 5.92 Å². The predicted octanol–water partition coefficient (Wildman–Crippen LogP) is 1.23. The number of ether oxygens (including phenoxy) is 1. The molecule has 1 aliphatic rings. The molecule has 90 valence electrons. The summed E-state index contributed by atoms with van der Waals surface area (Å²) in [5, 5.41) is 9.64. The molecule has 0 aliphatic heterocycles. The minimum Gasteiger partial charge on any atom is -0.464 e. The first kappa shape index (κ1) is 12.9. The molecular formula is C12H18O4. The second-order valence-corrected chi connectivity index (χ2v) is 4.15. The molecule has 0 saturated carbocycles. The van der Waals surface area contributed by atoms with E-state index in [9.17, 15) is 14.7 Å². The molecule has 1 rings (SSSR count). The highest BCUT2D eigenvalue weighted by Crippen LogP contribution is 2.23. The summed E-state index contributed by atoms with van der Waals surface area (Å²) in [5.41, 5.74) is 0.189. The number of esters is 1. The third-order valence-corrected chi connectivity index (χ3v) is 2.55. The standard InChI is InChI=1S/C12H18O4/c1-3-4-5-16-12(15)11(14)9-6-8(2)7-10(9)13/h6,8,11,14H,3-5,7H2,1-2H3. The molecule has 2 unspecified atom stereocenters. The maximum atomic E-state index is 11.4. The summed E-state index contributed by atoms with van der Waals surface area (Å²) >= 11 is 0. The number of rotatable bonds is 5. The summed E-state index contributed by atoms with van der Waals surface area (Å²) in [7, 11) is 0. The van der Waals surface area contributed by atoms with Crippen molar-refractivity contribution in [2.75, 3.05) is 6.61 Å². The van der Waals surface area contributed by atoms with E-state index in [1.54, 1.807) is 6.08 Å². The van der Waals surface area contributed by atoms with Gasteiger partial charge in [0.15, 0.2) is 11.9 Å².